The normalized spacial score (nSPS) is 17.4. The Morgan fingerprint density at radius 2 is 2.19 bits per heavy atom. The van der Waals surface area contributed by atoms with E-state index in [1.54, 1.807) is 6.07 Å². The van der Waals surface area contributed by atoms with Crippen LogP contribution in [0.25, 0.3) is 0 Å². The van der Waals surface area contributed by atoms with Crippen LogP contribution in [0.15, 0.2) is 18.2 Å². The summed E-state index contributed by atoms with van der Waals surface area (Å²) in [7, 11) is 0. The number of hydrogen-bond acceptors (Lipinski definition) is 6. The molecule has 2 N–H and O–H groups in total. The summed E-state index contributed by atoms with van der Waals surface area (Å²) < 4.78 is 5.47. The molecule has 7 nitrogen and oxygen atoms in total. The molecular weight excluding hydrogens is 274 g/mol. The van der Waals surface area contributed by atoms with Gasteiger partial charge in [-0.3, -0.25) is 15.0 Å². The molecule has 7 heteroatoms. The first-order valence-corrected chi connectivity index (χ1v) is 7.14. The van der Waals surface area contributed by atoms with Crippen molar-refractivity contribution in [2.45, 2.75) is 13.0 Å². The van der Waals surface area contributed by atoms with Gasteiger partial charge in [-0.2, -0.15) is 0 Å². The topological polar surface area (TPSA) is 87.9 Å². The Kier molecular flexibility index (Phi) is 5.49. The highest BCUT2D eigenvalue weighted by molar-refractivity contribution is 5.45. The molecule has 1 aromatic carbocycles. The van der Waals surface area contributed by atoms with Gasteiger partial charge in [0.25, 0.3) is 5.69 Å². The van der Waals surface area contributed by atoms with E-state index in [4.69, 9.17) is 4.74 Å². The molecule has 1 unspecified atom stereocenters. The molecule has 1 aliphatic heterocycles. The summed E-state index contributed by atoms with van der Waals surface area (Å²) in [5.74, 6) is 0.505. The van der Waals surface area contributed by atoms with Gasteiger partial charge < -0.3 is 15.2 Å². The van der Waals surface area contributed by atoms with Crippen molar-refractivity contribution in [3.63, 3.8) is 0 Å². The Labute approximate surface area is 123 Å². The number of nitro benzene ring substituents is 1. The smallest absolute Gasteiger partial charge is 0.270 e. The summed E-state index contributed by atoms with van der Waals surface area (Å²) in [6.07, 6.45) is -0.801. The van der Waals surface area contributed by atoms with E-state index in [0.717, 1.165) is 26.2 Å². The first kappa shape index (κ1) is 15.7. The first-order chi connectivity index (χ1) is 10.1. The lowest BCUT2D eigenvalue weighted by atomic mass is 10.1. The van der Waals surface area contributed by atoms with E-state index in [2.05, 4.69) is 10.2 Å². The number of piperazine rings is 1. The fraction of sp³-hybridized carbons (Fsp3) is 0.571. The number of aliphatic hydroxyl groups is 1. The highest BCUT2D eigenvalue weighted by Gasteiger charge is 2.21. The van der Waals surface area contributed by atoms with Gasteiger partial charge in [0.15, 0.2) is 0 Å². The number of rotatable bonds is 6. The van der Waals surface area contributed by atoms with Crippen LogP contribution in [-0.2, 0) is 0 Å². The van der Waals surface area contributed by atoms with Crippen LogP contribution in [0.4, 0.5) is 5.69 Å². The lowest BCUT2D eigenvalue weighted by molar-refractivity contribution is -0.385. The number of ether oxygens (including phenoxy) is 1. The zero-order valence-electron chi connectivity index (χ0n) is 12.1. The van der Waals surface area contributed by atoms with E-state index in [1.807, 2.05) is 6.92 Å². The molecule has 0 spiro atoms. The van der Waals surface area contributed by atoms with Crippen molar-refractivity contribution >= 4 is 5.69 Å². The zero-order valence-corrected chi connectivity index (χ0v) is 12.1. The van der Waals surface area contributed by atoms with Crippen LogP contribution in [0.3, 0.4) is 0 Å². The third kappa shape index (κ3) is 4.13. The molecule has 0 aromatic heterocycles. The largest absolute Gasteiger partial charge is 0.493 e. The molecule has 1 aromatic rings. The van der Waals surface area contributed by atoms with Gasteiger partial charge in [0.2, 0.25) is 0 Å². The maximum Gasteiger partial charge on any atom is 0.270 e. The van der Waals surface area contributed by atoms with Gasteiger partial charge in [0.05, 0.1) is 17.6 Å². The van der Waals surface area contributed by atoms with Gasteiger partial charge in [0, 0.05) is 50.4 Å². The van der Waals surface area contributed by atoms with Crippen LogP contribution in [-0.4, -0.2) is 54.3 Å². The molecule has 0 aliphatic carbocycles. The van der Waals surface area contributed by atoms with Gasteiger partial charge in [-0.05, 0) is 13.0 Å². The Morgan fingerprint density at radius 1 is 1.48 bits per heavy atom. The predicted molar refractivity (Wildman–Crippen MR) is 78.5 cm³/mol. The molecule has 0 saturated carbocycles. The Morgan fingerprint density at radius 3 is 2.81 bits per heavy atom. The molecule has 1 saturated heterocycles. The molecule has 2 rings (SSSR count). The second-order valence-electron chi connectivity index (χ2n) is 4.98. The highest BCUT2D eigenvalue weighted by atomic mass is 16.6. The van der Waals surface area contributed by atoms with Crippen LogP contribution in [0, 0.1) is 10.1 Å². The second kappa shape index (κ2) is 7.35. The monoisotopic (exact) mass is 295 g/mol. The van der Waals surface area contributed by atoms with Crippen LogP contribution in [0.2, 0.25) is 0 Å². The number of β-amino-alcohol motifs (C(OH)–C–C–N with tert-alkyl or cyclic N) is 1. The van der Waals surface area contributed by atoms with E-state index in [9.17, 15) is 15.2 Å². The van der Waals surface area contributed by atoms with E-state index in [0.29, 0.717) is 24.5 Å². The maximum atomic E-state index is 10.9. The fourth-order valence-corrected chi connectivity index (χ4v) is 2.43. The van der Waals surface area contributed by atoms with Gasteiger partial charge in [-0.1, -0.05) is 0 Å². The summed E-state index contributed by atoms with van der Waals surface area (Å²) in [5.41, 5.74) is 0.442. The van der Waals surface area contributed by atoms with Gasteiger partial charge >= 0.3 is 0 Å². The average molecular weight is 295 g/mol. The number of non-ortho nitro benzene ring substituents is 1. The first-order valence-electron chi connectivity index (χ1n) is 7.14. The number of nitro groups is 1. The highest BCUT2D eigenvalue weighted by Crippen LogP contribution is 2.30. The maximum absolute atomic E-state index is 10.9. The molecule has 0 amide bonds. The van der Waals surface area contributed by atoms with Gasteiger partial charge in [-0.25, -0.2) is 0 Å². The van der Waals surface area contributed by atoms with Crippen molar-refractivity contribution in [1.82, 2.24) is 10.2 Å². The summed E-state index contributed by atoms with van der Waals surface area (Å²) in [6, 6.07) is 4.35. The minimum Gasteiger partial charge on any atom is -0.493 e. The van der Waals surface area contributed by atoms with Crippen molar-refractivity contribution in [3.05, 3.63) is 33.9 Å². The lowest BCUT2D eigenvalue weighted by Gasteiger charge is -2.29. The van der Waals surface area contributed by atoms with Crippen molar-refractivity contribution in [3.8, 4) is 5.75 Å². The van der Waals surface area contributed by atoms with Crippen molar-refractivity contribution in [2.24, 2.45) is 0 Å². The number of aliphatic hydroxyl groups excluding tert-OH is 1. The predicted octanol–water partition coefficient (Wildman–Crippen LogP) is 0.932. The van der Waals surface area contributed by atoms with Crippen LogP contribution < -0.4 is 10.1 Å². The summed E-state index contributed by atoms with van der Waals surface area (Å²) in [6.45, 7) is 6.23. The molecule has 1 atom stereocenters. The van der Waals surface area contributed by atoms with Crippen molar-refractivity contribution in [2.75, 3.05) is 39.3 Å². The number of benzene rings is 1. The molecule has 21 heavy (non-hydrogen) atoms. The Hall–Kier alpha value is -1.70. The average Bonchev–Trinajstić information content (AvgIpc) is 2.48. The van der Waals surface area contributed by atoms with E-state index >= 15 is 0 Å². The van der Waals surface area contributed by atoms with Crippen LogP contribution in [0.1, 0.15) is 18.6 Å². The summed E-state index contributed by atoms with van der Waals surface area (Å²) in [5, 5.41) is 24.6. The number of hydrogen-bond donors (Lipinski definition) is 2. The van der Waals surface area contributed by atoms with Gasteiger partial charge in [0.1, 0.15) is 5.75 Å². The summed E-state index contributed by atoms with van der Waals surface area (Å²) >= 11 is 0. The minimum absolute atomic E-state index is 0.0344. The van der Waals surface area contributed by atoms with E-state index in [-0.39, 0.29) is 5.69 Å². The van der Waals surface area contributed by atoms with E-state index in [1.165, 1.54) is 12.1 Å². The number of nitrogens with one attached hydrogen (secondary N) is 1. The second-order valence-corrected chi connectivity index (χ2v) is 4.98. The van der Waals surface area contributed by atoms with Crippen LogP contribution >= 0.6 is 0 Å². The molecular formula is C14H21N3O4. The van der Waals surface area contributed by atoms with Gasteiger partial charge in [-0.15, -0.1) is 0 Å². The summed E-state index contributed by atoms with van der Waals surface area (Å²) in [4.78, 5) is 12.6. The third-order valence-electron chi connectivity index (χ3n) is 3.50. The zero-order chi connectivity index (χ0) is 15.2. The molecule has 1 fully saturated rings. The molecule has 1 aliphatic rings. The molecule has 116 valence electrons. The van der Waals surface area contributed by atoms with E-state index < -0.39 is 11.0 Å². The Bertz CT molecular complexity index is 489. The molecule has 1 heterocycles. The minimum atomic E-state index is -0.801. The van der Waals surface area contributed by atoms with Crippen LogP contribution in [0.5, 0.6) is 5.75 Å². The SMILES string of the molecule is CCOc1ccc([N+](=O)[O-])cc1C(O)CN1CCNCC1. The third-order valence-corrected chi connectivity index (χ3v) is 3.50. The molecule has 0 bridgehead atoms. The standard InChI is InChI=1S/C14H21N3O4/c1-2-21-14-4-3-11(17(19)20)9-12(14)13(18)10-16-7-5-15-6-8-16/h3-4,9,13,15,18H,2,5-8,10H2,1H3. The fourth-order valence-electron chi connectivity index (χ4n) is 2.43. The Balaban J connectivity index is 2.17. The molecule has 0 radical (unpaired) electrons. The van der Waals surface area contributed by atoms with Crippen molar-refractivity contribution in [1.29, 1.82) is 0 Å². The number of nitrogens with zero attached hydrogens (tertiary/aromatic N) is 2. The van der Waals surface area contributed by atoms with Crippen molar-refractivity contribution < 1.29 is 14.8 Å². The quantitative estimate of drug-likeness (QED) is 0.599. The lowest BCUT2D eigenvalue weighted by Crippen LogP contribution is -2.45.